The summed E-state index contributed by atoms with van der Waals surface area (Å²) in [7, 11) is 0. The first-order valence-corrected chi connectivity index (χ1v) is 6.75. The van der Waals surface area contributed by atoms with Gasteiger partial charge < -0.3 is 10.4 Å². The van der Waals surface area contributed by atoms with Crippen molar-refractivity contribution in [3.05, 3.63) is 42.5 Å². The molecule has 2 atom stereocenters. The molecular weight excluding hydrogens is 230 g/mol. The van der Waals surface area contributed by atoms with Gasteiger partial charge in [-0.25, -0.2) is 0 Å². The highest BCUT2D eigenvalue weighted by Gasteiger charge is 2.25. The number of β-amino-alcohol motifs (C(OH)–C–C–N with tert-alkyl or cyclic N) is 1. The standard InChI is InChI=1S/C14H15NOS/c16-13-8-15-9-14(13)17-12-6-5-10-3-1-2-4-11(10)7-12/h1-7,13-16H,8-9H2. The Hall–Kier alpha value is -1.03. The smallest absolute Gasteiger partial charge is 0.0798 e. The summed E-state index contributed by atoms with van der Waals surface area (Å²) in [6, 6.07) is 14.8. The molecule has 0 aliphatic carbocycles. The van der Waals surface area contributed by atoms with Crippen molar-refractivity contribution in [1.82, 2.24) is 5.32 Å². The van der Waals surface area contributed by atoms with Gasteiger partial charge in [0.2, 0.25) is 0 Å². The lowest BCUT2D eigenvalue weighted by Gasteiger charge is -2.13. The molecule has 17 heavy (non-hydrogen) atoms. The normalized spacial score (nSPS) is 24.3. The Labute approximate surface area is 105 Å². The minimum absolute atomic E-state index is 0.230. The van der Waals surface area contributed by atoms with Gasteiger partial charge in [0, 0.05) is 23.2 Å². The molecule has 88 valence electrons. The van der Waals surface area contributed by atoms with E-state index in [-0.39, 0.29) is 11.4 Å². The molecule has 0 bridgehead atoms. The summed E-state index contributed by atoms with van der Waals surface area (Å²) in [5, 5.41) is 15.8. The van der Waals surface area contributed by atoms with E-state index >= 15 is 0 Å². The number of nitrogens with one attached hydrogen (secondary N) is 1. The number of benzene rings is 2. The Bertz CT molecular complexity index is 528. The molecule has 3 heteroatoms. The molecule has 1 saturated heterocycles. The predicted molar refractivity (Wildman–Crippen MR) is 72.5 cm³/mol. The summed E-state index contributed by atoms with van der Waals surface area (Å²) in [4.78, 5) is 1.23. The third-order valence-electron chi connectivity index (χ3n) is 3.14. The van der Waals surface area contributed by atoms with Crippen LogP contribution in [-0.4, -0.2) is 29.5 Å². The maximum atomic E-state index is 9.78. The van der Waals surface area contributed by atoms with Crippen LogP contribution < -0.4 is 5.32 Å². The largest absolute Gasteiger partial charge is 0.391 e. The van der Waals surface area contributed by atoms with E-state index in [1.54, 1.807) is 11.8 Å². The average Bonchev–Trinajstić information content (AvgIpc) is 2.75. The van der Waals surface area contributed by atoms with E-state index in [4.69, 9.17) is 0 Å². The number of hydrogen-bond donors (Lipinski definition) is 2. The molecule has 0 aromatic heterocycles. The van der Waals surface area contributed by atoms with Gasteiger partial charge >= 0.3 is 0 Å². The van der Waals surface area contributed by atoms with Crippen LogP contribution in [-0.2, 0) is 0 Å². The van der Waals surface area contributed by atoms with E-state index < -0.39 is 0 Å². The van der Waals surface area contributed by atoms with Crippen LogP contribution in [0.15, 0.2) is 47.4 Å². The summed E-state index contributed by atoms with van der Waals surface area (Å²) in [6.45, 7) is 1.60. The first-order valence-electron chi connectivity index (χ1n) is 5.87. The molecule has 1 heterocycles. The van der Waals surface area contributed by atoms with Crippen molar-refractivity contribution < 1.29 is 5.11 Å². The Morgan fingerprint density at radius 1 is 1.06 bits per heavy atom. The van der Waals surface area contributed by atoms with Crippen LogP contribution in [0.2, 0.25) is 0 Å². The number of fused-ring (bicyclic) bond motifs is 1. The third kappa shape index (κ3) is 2.32. The molecule has 2 nitrogen and oxygen atoms in total. The number of aliphatic hydroxyl groups is 1. The van der Waals surface area contributed by atoms with Crippen LogP contribution in [0.5, 0.6) is 0 Å². The van der Waals surface area contributed by atoms with E-state index in [9.17, 15) is 5.11 Å². The van der Waals surface area contributed by atoms with Crippen LogP contribution >= 0.6 is 11.8 Å². The van der Waals surface area contributed by atoms with E-state index in [0.717, 1.165) is 6.54 Å². The second-order valence-corrected chi connectivity index (χ2v) is 5.70. The summed E-state index contributed by atoms with van der Waals surface area (Å²) in [5.41, 5.74) is 0. The zero-order valence-corrected chi connectivity index (χ0v) is 10.3. The SMILES string of the molecule is OC1CNCC1Sc1ccc2ccccc2c1. The van der Waals surface area contributed by atoms with Crippen molar-refractivity contribution in [1.29, 1.82) is 0 Å². The fourth-order valence-electron chi connectivity index (χ4n) is 2.18. The van der Waals surface area contributed by atoms with E-state index in [1.807, 2.05) is 0 Å². The second kappa shape index (κ2) is 4.69. The molecule has 0 saturated carbocycles. The molecule has 2 unspecified atom stereocenters. The number of hydrogen-bond acceptors (Lipinski definition) is 3. The maximum absolute atomic E-state index is 9.78. The molecule has 0 spiro atoms. The molecule has 0 radical (unpaired) electrons. The number of thioether (sulfide) groups is 1. The van der Waals surface area contributed by atoms with Gasteiger partial charge in [0.25, 0.3) is 0 Å². The van der Waals surface area contributed by atoms with Crippen molar-refractivity contribution in [2.24, 2.45) is 0 Å². The fourth-order valence-corrected chi connectivity index (χ4v) is 3.32. The molecule has 3 rings (SSSR count). The third-order valence-corrected chi connectivity index (χ3v) is 4.45. The van der Waals surface area contributed by atoms with E-state index in [2.05, 4.69) is 47.8 Å². The Morgan fingerprint density at radius 2 is 1.88 bits per heavy atom. The lowest BCUT2D eigenvalue weighted by atomic mass is 10.1. The fraction of sp³-hybridized carbons (Fsp3) is 0.286. The first kappa shape index (κ1) is 11.1. The first-order chi connectivity index (χ1) is 8.33. The van der Waals surface area contributed by atoms with Crippen LogP contribution in [0.4, 0.5) is 0 Å². The minimum atomic E-state index is -0.230. The van der Waals surface area contributed by atoms with Crippen LogP contribution in [0.25, 0.3) is 10.8 Å². The minimum Gasteiger partial charge on any atom is -0.391 e. The van der Waals surface area contributed by atoms with Crippen molar-refractivity contribution in [3.8, 4) is 0 Å². The molecule has 2 aromatic carbocycles. The van der Waals surface area contributed by atoms with Crippen molar-refractivity contribution >= 4 is 22.5 Å². The summed E-state index contributed by atoms with van der Waals surface area (Å²) < 4.78 is 0. The zero-order chi connectivity index (χ0) is 11.7. The quantitative estimate of drug-likeness (QED) is 0.851. The molecule has 1 aliphatic rings. The van der Waals surface area contributed by atoms with Gasteiger partial charge in [-0.1, -0.05) is 30.3 Å². The second-order valence-electron chi connectivity index (χ2n) is 4.39. The highest BCUT2D eigenvalue weighted by atomic mass is 32.2. The van der Waals surface area contributed by atoms with Crippen LogP contribution in [0.3, 0.4) is 0 Å². The highest BCUT2D eigenvalue weighted by Crippen LogP contribution is 2.29. The summed E-state index contributed by atoms with van der Waals surface area (Å²) in [5.74, 6) is 0. The van der Waals surface area contributed by atoms with Gasteiger partial charge in [0.05, 0.1) is 6.10 Å². The van der Waals surface area contributed by atoms with Crippen LogP contribution in [0.1, 0.15) is 0 Å². The lowest BCUT2D eigenvalue weighted by Crippen LogP contribution is -2.19. The zero-order valence-electron chi connectivity index (χ0n) is 9.47. The number of aliphatic hydroxyl groups excluding tert-OH is 1. The summed E-state index contributed by atoms with van der Waals surface area (Å²) >= 11 is 1.76. The molecule has 2 N–H and O–H groups in total. The molecule has 1 fully saturated rings. The van der Waals surface area contributed by atoms with Gasteiger partial charge in [0.15, 0.2) is 0 Å². The van der Waals surface area contributed by atoms with Gasteiger partial charge in [-0.05, 0) is 22.9 Å². The topological polar surface area (TPSA) is 32.3 Å². The molecule has 0 amide bonds. The Kier molecular flexibility index (Phi) is 3.05. The van der Waals surface area contributed by atoms with E-state index in [1.165, 1.54) is 15.7 Å². The van der Waals surface area contributed by atoms with E-state index in [0.29, 0.717) is 6.54 Å². The average molecular weight is 245 g/mol. The van der Waals surface area contributed by atoms with Crippen molar-refractivity contribution in [3.63, 3.8) is 0 Å². The van der Waals surface area contributed by atoms with Gasteiger partial charge in [-0.3, -0.25) is 0 Å². The van der Waals surface area contributed by atoms with Gasteiger partial charge in [-0.2, -0.15) is 0 Å². The molecule has 2 aromatic rings. The van der Waals surface area contributed by atoms with Crippen molar-refractivity contribution in [2.45, 2.75) is 16.2 Å². The number of rotatable bonds is 2. The monoisotopic (exact) mass is 245 g/mol. The van der Waals surface area contributed by atoms with Crippen molar-refractivity contribution in [2.75, 3.05) is 13.1 Å². The molecular formula is C14H15NOS. The Balaban J connectivity index is 1.85. The predicted octanol–water partition coefficient (Wildman–Crippen LogP) is 2.26. The molecule has 1 aliphatic heterocycles. The summed E-state index contributed by atoms with van der Waals surface area (Å²) in [6.07, 6.45) is -0.230. The lowest BCUT2D eigenvalue weighted by molar-refractivity contribution is 0.201. The Morgan fingerprint density at radius 3 is 2.65 bits per heavy atom. The maximum Gasteiger partial charge on any atom is 0.0798 e. The van der Waals surface area contributed by atoms with Gasteiger partial charge in [0.1, 0.15) is 0 Å². The highest BCUT2D eigenvalue weighted by molar-refractivity contribution is 8.00. The van der Waals surface area contributed by atoms with Gasteiger partial charge in [-0.15, -0.1) is 11.8 Å². The van der Waals surface area contributed by atoms with Crippen LogP contribution in [0, 0.1) is 0 Å².